The Morgan fingerprint density at radius 2 is 0.927 bits per heavy atom. The summed E-state index contributed by atoms with van der Waals surface area (Å²) in [5, 5.41) is 2.12. The van der Waals surface area contributed by atoms with Crippen molar-refractivity contribution in [2.75, 3.05) is 0 Å². The highest BCUT2D eigenvalue weighted by molar-refractivity contribution is 6.06. The zero-order valence-corrected chi connectivity index (χ0v) is 30.4. The van der Waals surface area contributed by atoms with Gasteiger partial charge in [0.25, 0.3) is 0 Å². The third kappa shape index (κ3) is 5.24. The van der Waals surface area contributed by atoms with Crippen LogP contribution in [0.2, 0.25) is 0 Å². The normalized spacial score (nSPS) is 14.3. The fourth-order valence-electron chi connectivity index (χ4n) is 9.31. The third-order valence-electron chi connectivity index (χ3n) is 12.0. The largest absolute Gasteiger partial charge is 0.456 e. The highest BCUT2D eigenvalue weighted by Crippen LogP contribution is 2.57. The summed E-state index contributed by atoms with van der Waals surface area (Å²) in [6.07, 6.45) is 6.34. The number of aromatic nitrogens is 3. The molecule has 9 aromatic rings. The summed E-state index contributed by atoms with van der Waals surface area (Å²) >= 11 is 0. The Bertz CT molecular complexity index is 2880. The number of nitrogens with zero attached hydrogens (tertiary/aromatic N) is 3. The van der Waals surface area contributed by atoms with E-state index in [0.29, 0.717) is 17.5 Å². The van der Waals surface area contributed by atoms with Gasteiger partial charge in [-0.25, -0.2) is 15.0 Å². The molecule has 1 spiro atoms. The van der Waals surface area contributed by atoms with Crippen molar-refractivity contribution in [3.05, 3.63) is 175 Å². The van der Waals surface area contributed by atoms with Crippen LogP contribution < -0.4 is 0 Å². The van der Waals surface area contributed by atoms with Crippen molar-refractivity contribution in [3.8, 4) is 67.5 Å². The molecular weight excluding hydrogens is 671 g/mol. The zero-order valence-electron chi connectivity index (χ0n) is 30.4. The molecule has 0 atom stereocenters. The molecule has 1 saturated carbocycles. The number of benzene rings is 7. The van der Waals surface area contributed by atoms with Crippen LogP contribution in [-0.4, -0.2) is 15.0 Å². The summed E-state index contributed by atoms with van der Waals surface area (Å²) < 4.78 is 6.15. The average molecular weight is 708 g/mol. The van der Waals surface area contributed by atoms with Crippen LogP contribution in [0.1, 0.15) is 43.2 Å². The van der Waals surface area contributed by atoms with Gasteiger partial charge in [-0.15, -0.1) is 0 Å². The van der Waals surface area contributed by atoms with Crippen LogP contribution in [0, 0.1) is 0 Å². The monoisotopic (exact) mass is 707 g/mol. The lowest BCUT2D eigenvalue weighted by Gasteiger charge is -2.36. The Labute approximate surface area is 320 Å². The number of furan rings is 1. The van der Waals surface area contributed by atoms with Crippen molar-refractivity contribution >= 4 is 21.9 Å². The Hall–Kier alpha value is -6.65. The number of fused-ring (bicyclic) bond motifs is 8. The van der Waals surface area contributed by atoms with E-state index in [1.165, 1.54) is 71.0 Å². The maximum atomic E-state index is 6.15. The van der Waals surface area contributed by atoms with Gasteiger partial charge in [0.1, 0.15) is 11.2 Å². The first-order valence-corrected chi connectivity index (χ1v) is 19.4. The molecule has 2 aliphatic rings. The average Bonchev–Trinajstić information content (AvgIpc) is 3.77. The van der Waals surface area contributed by atoms with Gasteiger partial charge in [0, 0.05) is 32.9 Å². The molecule has 7 aromatic carbocycles. The summed E-state index contributed by atoms with van der Waals surface area (Å²) in [5.41, 5.74) is 15.3. The summed E-state index contributed by atoms with van der Waals surface area (Å²) in [7, 11) is 0. The molecule has 0 N–H and O–H groups in total. The molecule has 55 heavy (non-hydrogen) atoms. The standard InChI is InChI=1S/C51H37N3O/c1-3-12-33(13-4-1)34-20-24-36(25-21-34)48-52-49(54-50(53-48)38-28-29-46-42(32-38)40-14-6-8-19-45(40)55-46)37-26-22-35(23-27-37)39-16-11-18-44-47(39)41-15-5-7-17-43(41)51(44)30-9-2-10-31-51/h1,3-8,11-29,32H,2,9-10,30-31H2. The van der Waals surface area contributed by atoms with Crippen LogP contribution in [0.4, 0.5) is 0 Å². The second-order valence-electron chi connectivity index (χ2n) is 15.1. The number of para-hydroxylation sites is 1. The highest BCUT2D eigenvalue weighted by Gasteiger charge is 2.44. The number of hydrogen-bond donors (Lipinski definition) is 0. The van der Waals surface area contributed by atoms with Crippen molar-refractivity contribution in [2.45, 2.75) is 37.5 Å². The van der Waals surface area contributed by atoms with Crippen LogP contribution in [0.15, 0.2) is 168 Å². The van der Waals surface area contributed by atoms with Gasteiger partial charge in [-0.3, -0.25) is 0 Å². The molecule has 0 saturated heterocycles. The van der Waals surface area contributed by atoms with Crippen LogP contribution in [0.3, 0.4) is 0 Å². The van der Waals surface area contributed by atoms with E-state index in [0.717, 1.165) is 44.2 Å². The summed E-state index contributed by atoms with van der Waals surface area (Å²) in [5.74, 6) is 1.90. The SMILES string of the molecule is c1ccc(-c2ccc(-c3nc(-c4ccc(-c5cccc6c5-c5ccccc5C65CCCCC5)cc4)nc(-c4ccc5oc6ccccc6c5c4)n3)cc2)cc1. The van der Waals surface area contributed by atoms with Gasteiger partial charge in [0.2, 0.25) is 0 Å². The maximum absolute atomic E-state index is 6.15. The molecule has 2 aliphatic carbocycles. The molecule has 2 aromatic heterocycles. The zero-order chi connectivity index (χ0) is 36.3. The topological polar surface area (TPSA) is 51.8 Å². The van der Waals surface area contributed by atoms with Crippen molar-refractivity contribution in [3.63, 3.8) is 0 Å². The minimum absolute atomic E-state index is 0.128. The molecule has 0 aliphatic heterocycles. The molecule has 0 unspecified atom stereocenters. The van der Waals surface area contributed by atoms with E-state index in [1.54, 1.807) is 0 Å². The van der Waals surface area contributed by atoms with Crippen LogP contribution >= 0.6 is 0 Å². The van der Waals surface area contributed by atoms with Gasteiger partial charge in [0.05, 0.1) is 0 Å². The van der Waals surface area contributed by atoms with Crippen LogP contribution in [-0.2, 0) is 5.41 Å². The van der Waals surface area contributed by atoms with Gasteiger partial charge >= 0.3 is 0 Å². The number of rotatable bonds is 5. The fraction of sp³-hybridized carbons (Fsp3) is 0.118. The summed E-state index contributed by atoms with van der Waals surface area (Å²) in [6, 6.07) is 58.2. The van der Waals surface area contributed by atoms with Crippen LogP contribution in [0.25, 0.3) is 89.5 Å². The van der Waals surface area contributed by atoms with E-state index in [9.17, 15) is 0 Å². The lowest BCUT2D eigenvalue weighted by atomic mass is 9.68. The predicted octanol–water partition coefficient (Wildman–Crippen LogP) is 13.3. The van der Waals surface area contributed by atoms with Gasteiger partial charge < -0.3 is 4.42 Å². The van der Waals surface area contributed by atoms with E-state index in [1.807, 2.05) is 36.4 Å². The van der Waals surface area contributed by atoms with Crippen molar-refractivity contribution in [2.24, 2.45) is 0 Å². The predicted molar refractivity (Wildman–Crippen MR) is 224 cm³/mol. The Kier molecular flexibility index (Phi) is 7.38. The van der Waals surface area contributed by atoms with Gasteiger partial charge in [-0.1, -0.05) is 159 Å². The Morgan fingerprint density at radius 1 is 0.382 bits per heavy atom. The minimum atomic E-state index is 0.128. The molecule has 0 bridgehead atoms. The van der Waals surface area contributed by atoms with E-state index >= 15 is 0 Å². The molecular formula is C51H37N3O. The molecule has 0 amide bonds. The minimum Gasteiger partial charge on any atom is -0.456 e. The summed E-state index contributed by atoms with van der Waals surface area (Å²) in [4.78, 5) is 15.3. The quantitative estimate of drug-likeness (QED) is 0.179. The molecule has 11 rings (SSSR count). The summed E-state index contributed by atoms with van der Waals surface area (Å²) in [6.45, 7) is 0. The smallest absolute Gasteiger partial charge is 0.164 e. The lowest BCUT2D eigenvalue weighted by Crippen LogP contribution is -2.27. The van der Waals surface area contributed by atoms with Crippen molar-refractivity contribution < 1.29 is 4.42 Å². The third-order valence-corrected chi connectivity index (χ3v) is 12.0. The first-order chi connectivity index (χ1) is 27.2. The van der Waals surface area contributed by atoms with Gasteiger partial charge in [0.15, 0.2) is 17.5 Å². The molecule has 1 fully saturated rings. The Balaban J connectivity index is 1.02. The molecule has 2 heterocycles. The molecule has 4 heteroatoms. The van der Waals surface area contributed by atoms with Gasteiger partial charge in [-0.05, 0) is 81.6 Å². The van der Waals surface area contributed by atoms with Crippen LogP contribution in [0.5, 0.6) is 0 Å². The van der Waals surface area contributed by atoms with Gasteiger partial charge in [-0.2, -0.15) is 0 Å². The fourth-order valence-corrected chi connectivity index (χ4v) is 9.31. The first kappa shape index (κ1) is 31.8. The lowest BCUT2D eigenvalue weighted by molar-refractivity contribution is 0.353. The Morgan fingerprint density at radius 3 is 1.69 bits per heavy atom. The highest BCUT2D eigenvalue weighted by atomic mass is 16.3. The molecule has 0 radical (unpaired) electrons. The van der Waals surface area contributed by atoms with E-state index in [2.05, 4.69) is 127 Å². The number of hydrogen-bond acceptors (Lipinski definition) is 4. The molecule has 262 valence electrons. The maximum Gasteiger partial charge on any atom is 0.164 e. The first-order valence-electron chi connectivity index (χ1n) is 19.4. The second-order valence-corrected chi connectivity index (χ2v) is 15.1. The van der Waals surface area contributed by atoms with Crippen molar-refractivity contribution in [1.29, 1.82) is 0 Å². The van der Waals surface area contributed by atoms with Crippen molar-refractivity contribution in [1.82, 2.24) is 15.0 Å². The second kappa shape index (κ2) is 12.7. The van der Waals surface area contributed by atoms with E-state index in [4.69, 9.17) is 19.4 Å². The van der Waals surface area contributed by atoms with E-state index < -0.39 is 0 Å². The molecule has 4 nitrogen and oxygen atoms in total. The van der Waals surface area contributed by atoms with E-state index in [-0.39, 0.29) is 5.41 Å².